The van der Waals surface area contributed by atoms with Gasteiger partial charge in [0.25, 0.3) is 11.6 Å². The van der Waals surface area contributed by atoms with Gasteiger partial charge in [-0.25, -0.2) is 5.43 Å². The molecule has 0 radical (unpaired) electrons. The second kappa shape index (κ2) is 9.53. The Morgan fingerprint density at radius 3 is 2.73 bits per heavy atom. The number of rotatable bonds is 7. The molecule has 0 fully saturated rings. The molecule has 0 unspecified atom stereocenters. The molecule has 9 heteroatoms. The number of hydrogen-bond acceptors (Lipinski definition) is 5. The summed E-state index contributed by atoms with van der Waals surface area (Å²) in [5.41, 5.74) is 5.69. The van der Waals surface area contributed by atoms with Crippen LogP contribution in [0.15, 0.2) is 59.7 Å². The van der Waals surface area contributed by atoms with Crippen LogP contribution in [0.25, 0.3) is 5.69 Å². The van der Waals surface area contributed by atoms with Crippen LogP contribution in [0.1, 0.15) is 17.0 Å². The van der Waals surface area contributed by atoms with Gasteiger partial charge in [-0.05, 0) is 60.7 Å². The van der Waals surface area contributed by atoms with Gasteiger partial charge in [0, 0.05) is 29.1 Å². The summed E-state index contributed by atoms with van der Waals surface area (Å²) in [6, 6.07) is 15.7. The fourth-order valence-electron chi connectivity index (χ4n) is 2.97. The van der Waals surface area contributed by atoms with E-state index in [1.165, 1.54) is 12.1 Å². The molecular formula is C21H19IN4O4. The number of carbonyl (C=O) groups excluding carboxylic acids is 1. The van der Waals surface area contributed by atoms with E-state index in [-0.39, 0.29) is 18.2 Å². The maximum absolute atomic E-state index is 12.0. The molecule has 3 aromatic rings. The molecule has 0 atom stereocenters. The number of halogens is 1. The number of nitro groups is 1. The van der Waals surface area contributed by atoms with Gasteiger partial charge in [0.1, 0.15) is 5.75 Å². The smallest absolute Gasteiger partial charge is 0.277 e. The summed E-state index contributed by atoms with van der Waals surface area (Å²) in [4.78, 5) is 22.6. The number of hydrazone groups is 1. The summed E-state index contributed by atoms with van der Waals surface area (Å²) < 4.78 is 8.30. The molecule has 154 valence electrons. The van der Waals surface area contributed by atoms with E-state index in [1.807, 2.05) is 42.7 Å². The molecule has 30 heavy (non-hydrogen) atoms. The second-order valence-corrected chi connectivity index (χ2v) is 7.61. The lowest BCUT2D eigenvalue weighted by Crippen LogP contribution is -2.24. The van der Waals surface area contributed by atoms with Crippen LogP contribution in [-0.2, 0) is 4.79 Å². The average Bonchev–Trinajstić information content (AvgIpc) is 3.00. The number of hydrogen-bond donors (Lipinski definition) is 1. The van der Waals surface area contributed by atoms with Crippen molar-refractivity contribution < 1.29 is 14.5 Å². The maximum Gasteiger partial charge on any atom is 0.277 e. The predicted octanol–water partition coefficient (Wildman–Crippen LogP) is 4.14. The average molecular weight is 518 g/mol. The topological polar surface area (TPSA) is 98.8 Å². The van der Waals surface area contributed by atoms with Crippen molar-refractivity contribution in [2.24, 2.45) is 5.10 Å². The molecule has 0 spiro atoms. The minimum absolute atomic E-state index is 0.0237. The molecule has 3 rings (SSSR count). The quantitative estimate of drug-likeness (QED) is 0.220. The lowest BCUT2D eigenvalue weighted by molar-refractivity contribution is -0.384. The Morgan fingerprint density at radius 2 is 2.00 bits per heavy atom. The maximum atomic E-state index is 12.0. The third kappa shape index (κ3) is 5.03. The molecule has 0 aliphatic rings. The van der Waals surface area contributed by atoms with Crippen molar-refractivity contribution in [1.29, 1.82) is 0 Å². The molecule has 8 nitrogen and oxygen atoms in total. The van der Waals surface area contributed by atoms with Crippen LogP contribution in [0.5, 0.6) is 5.75 Å². The normalized spacial score (nSPS) is 10.9. The highest BCUT2D eigenvalue weighted by molar-refractivity contribution is 14.1. The summed E-state index contributed by atoms with van der Waals surface area (Å²) in [6.07, 6.45) is 1.54. The Kier molecular flexibility index (Phi) is 6.83. The molecule has 1 amide bonds. The fourth-order valence-corrected chi connectivity index (χ4v) is 3.52. The highest BCUT2D eigenvalue weighted by Crippen LogP contribution is 2.23. The summed E-state index contributed by atoms with van der Waals surface area (Å²) in [5, 5.41) is 15.1. The van der Waals surface area contributed by atoms with Gasteiger partial charge in [0.05, 0.1) is 20.4 Å². The number of aryl methyl sites for hydroxylation is 1. The highest BCUT2D eigenvalue weighted by atomic mass is 127. The summed E-state index contributed by atoms with van der Waals surface area (Å²) >= 11 is 2.14. The van der Waals surface area contributed by atoms with E-state index in [9.17, 15) is 14.9 Å². The van der Waals surface area contributed by atoms with Crippen molar-refractivity contribution in [3.8, 4) is 11.4 Å². The molecule has 2 aromatic carbocycles. The molecule has 1 N–H and O–H groups in total. The fraction of sp³-hybridized carbons (Fsp3) is 0.143. The van der Waals surface area contributed by atoms with Gasteiger partial charge in [-0.2, -0.15) is 5.10 Å². The van der Waals surface area contributed by atoms with E-state index < -0.39 is 4.92 Å². The van der Waals surface area contributed by atoms with E-state index in [0.29, 0.717) is 11.4 Å². The SMILES string of the molecule is Cc1cc(/C=N/NC(=O)COc2ccccc2I)c(C)n1-c1cccc([N+](=O)[O-])c1. The third-order valence-corrected chi connectivity index (χ3v) is 5.25. The number of carbonyl (C=O) groups is 1. The van der Waals surface area contributed by atoms with Crippen LogP contribution >= 0.6 is 22.6 Å². The molecule has 1 aromatic heterocycles. The number of ether oxygens (including phenoxy) is 1. The number of nitrogens with zero attached hydrogens (tertiary/aromatic N) is 3. The predicted molar refractivity (Wildman–Crippen MR) is 122 cm³/mol. The van der Waals surface area contributed by atoms with E-state index in [1.54, 1.807) is 24.4 Å². The molecule has 1 heterocycles. The monoisotopic (exact) mass is 518 g/mol. The number of aromatic nitrogens is 1. The van der Waals surface area contributed by atoms with Crippen molar-refractivity contribution >= 4 is 40.4 Å². The van der Waals surface area contributed by atoms with Gasteiger partial charge in [-0.15, -0.1) is 0 Å². The van der Waals surface area contributed by atoms with Crippen molar-refractivity contribution in [2.75, 3.05) is 6.61 Å². The number of nitro benzene ring substituents is 1. The lowest BCUT2D eigenvalue weighted by Gasteiger charge is -2.09. The Morgan fingerprint density at radius 1 is 1.23 bits per heavy atom. The van der Waals surface area contributed by atoms with Gasteiger partial charge < -0.3 is 9.30 Å². The van der Waals surface area contributed by atoms with E-state index in [2.05, 4.69) is 33.1 Å². The Balaban J connectivity index is 1.67. The number of amides is 1. The van der Waals surface area contributed by atoms with E-state index in [0.717, 1.165) is 20.5 Å². The Bertz CT molecular complexity index is 1120. The van der Waals surface area contributed by atoms with Gasteiger partial charge in [0.2, 0.25) is 0 Å². The summed E-state index contributed by atoms with van der Waals surface area (Å²) in [7, 11) is 0. The van der Waals surface area contributed by atoms with E-state index in [4.69, 9.17) is 4.74 Å². The van der Waals surface area contributed by atoms with Crippen LogP contribution in [-0.4, -0.2) is 28.2 Å². The molecule has 0 saturated heterocycles. The highest BCUT2D eigenvalue weighted by Gasteiger charge is 2.13. The van der Waals surface area contributed by atoms with Gasteiger partial charge in [-0.3, -0.25) is 14.9 Å². The zero-order chi connectivity index (χ0) is 21.7. The molecule has 0 bridgehead atoms. The summed E-state index contributed by atoms with van der Waals surface area (Å²) in [6.45, 7) is 3.64. The largest absolute Gasteiger partial charge is 0.483 e. The number of benzene rings is 2. The number of non-ortho nitro benzene ring substituents is 1. The zero-order valence-electron chi connectivity index (χ0n) is 16.3. The molecule has 0 aliphatic carbocycles. The minimum atomic E-state index is -0.423. The summed E-state index contributed by atoms with van der Waals surface area (Å²) in [5.74, 6) is 0.260. The third-order valence-electron chi connectivity index (χ3n) is 4.36. The Hall–Kier alpha value is -3.21. The number of para-hydroxylation sites is 1. The molecule has 0 saturated carbocycles. The first kappa shape index (κ1) is 21.5. The standard InChI is InChI=1S/C21H19IN4O4/c1-14-10-16(15(2)25(14)17-6-5-7-18(11-17)26(28)29)12-23-24-21(27)13-30-20-9-4-3-8-19(20)22/h3-12H,13H2,1-2H3,(H,24,27)/b23-12+. The van der Waals surface area contributed by atoms with Crippen molar-refractivity contribution in [1.82, 2.24) is 9.99 Å². The second-order valence-electron chi connectivity index (χ2n) is 6.45. The molecule has 0 aliphatic heterocycles. The van der Waals surface area contributed by atoms with Gasteiger partial charge in [-0.1, -0.05) is 18.2 Å². The van der Waals surface area contributed by atoms with Gasteiger partial charge >= 0.3 is 0 Å². The minimum Gasteiger partial charge on any atom is -0.483 e. The van der Waals surface area contributed by atoms with E-state index >= 15 is 0 Å². The van der Waals surface area contributed by atoms with Gasteiger partial charge in [0.15, 0.2) is 6.61 Å². The first-order valence-corrected chi connectivity index (χ1v) is 10.1. The van der Waals surface area contributed by atoms with Crippen molar-refractivity contribution in [3.63, 3.8) is 0 Å². The van der Waals surface area contributed by atoms with Crippen molar-refractivity contribution in [2.45, 2.75) is 13.8 Å². The van der Waals surface area contributed by atoms with Crippen LogP contribution in [0.2, 0.25) is 0 Å². The van der Waals surface area contributed by atoms with Crippen LogP contribution in [0.3, 0.4) is 0 Å². The number of nitrogens with one attached hydrogen (secondary N) is 1. The van der Waals surface area contributed by atoms with Crippen LogP contribution in [0, 0.1) is 27.5 Å². The Labute approximate surface area is 186 Å². The van der Waals surface area contributed by atoms with Crippen LogP contribution in [0.4, 0.5) is 5.69 Å². The zero-order valence-corrected chi connectivity index (χ0v) is 18.5. The first-order valence-electron chi connectivity index (χ1n) is 9.00. The van der Waals surface area contributed by atoms with Crippen LogP contribution < -0.4 is 10.2 Å². The molecular weight excluding hydrogens is 499 g/mol. The first-order chi connectivity index (χ1) is 14.4. The lowest BCUT2D eigenvalue weighted by atomic mass is 10.2. The van der Waals surface area contributed by atoms with Crippen molar-refractivity contribution in [3.05, 3.63) is 85.2 Å².